The molecule has 2 aromatic rings. The summed E-state index contributed by atoms with van der Waals surface area (Å²) >= 11 is 6.55. The number of nitrogens with one attached hydrogen (secondary N) is 1. The van der Waals surface area contributed by atoms with Gasteiger partial charge in [-0.05, 0) is 55.1 Å². The van der Waals surface area contributed by atoms with E-state index >= 15 is 0 Å². The zero-order valence-electron chi connectivity index (χ0n) is 10.8. The lowest BCUT2D eigenvalue weighted by Gasteiger charge is -2.08. The lowest BCUT2D eigenvalue weighted by Crippen LogP contribution is -2.12. The number of nitro groups is 1. The van der Waals surface area contributed by atoms with Crippen molar-refractivity contribution >= 4 is 37.5 Å². The van der Waals surface area contributed by atoms with Crippen molar-refractivity contribution in [2.75, 3.05) is 0 Å². The van der Waals surface area contributed by atoms with Crippen molar-refractivity contribution in [3.05, 3.63) is 66.6 Å². The molecule has 0 unspecified atom stereocenters. The van der Waals surface area contributed by atoms with Gasteiger partial charge in [0.25, 0.3) is 5.69 Å². The molecule has 0 spiro atoms. The van der Waals surface area contributed by atoms with Crippen molar-refractivity contribution in [2.45, 2.75) is 13.1 Å². The summed E-state index contributed by atoms with van der Waals surface area (Å²) in [5, 5.41) is 23.6. The van der Waals surface area contributed by atoms with Crippen LogP contribution in [0.4, 0.5) is 5.69 Å². The van der Waals surface area contributed by atoms with Gasteiger partial charge in [-0.2, -0.15) is 0 Å². The monoisotopic (exact) mass is 414 g/mol. The van der Waals surface area contributed by atoms with Crippen LogP contribution in [-0.4, -0.2) is 10.0 Å². The molecule has 0 bridgehead atoms. The van der Waals surface area contributed by atoms with Crippen LogP contribution in [0.3, 0.4) is 0 Å². The topological polar surface area (TPSA) is 75.4 Å². The Bertz CT molecular complexity index is 654. The van der Waals surface area contributed by atoms with Gasteiger partial charge in [0.15, 0.2) is 0 Å². The third-order valence-electron chi connectivity index (χ3n) is 2.86. The number of benzene rings is 2. The maximum Gasteiger partial charge on any atom is 0.269 e. The molecule has 0 radical (unpaired) electrons. The SMILES string of the molecule is O=[N+]([O-])c1cccc(CNCc2cc(Br)c(O)c(Br)c2)c1. The zero-order chi connectivity index (χ0) is 15.4. The maximum absolute atomic E-state index is 10.7. The van der Waals surface area contributed by atoms with E-state index in [4.69, 9.17) is 0 Å². The quantitative estimate of drug-likeness (QED) is 0.569. The highest BCUT2D eigenvalue weighted by Gasteiger charge is 2.07. The largest absolute Gasteiger partial charge is 0.506 e. The lowest BCUT2D eigenvalue weighted by molar-refractivity contribution is -0.384. The number of halogens is 2. The molecule has 0 heterocycles. The van der Waals surface area contributed by atoms with Crippen molar-refractivity contribution in [1.82, 2.24) is 5.32 Å². The Hall–Kier alpha value is -1.44. The van der Waals surface area contributed by atoms with E-state index in [0.29, 0.717) is 22.0 Å². The van der Waals surface area contributed by atoms with Gasteiger partial charge >= 0.3 is 0 Å². The van der Waals surface area contributed by atoms with Gasteiger partial charge in [-0.15, -0.1) is 0 Å². The number of phenols is 1. The second-order valence-electron chi connectivity index (χ2n) is 4.44. The average Bonchev–Trinajstić information content (AvgIpc) is 2.45. The first-order valence-electron chi connectivity index (χ1n) is 6.08. The molecule has 5 nitrogen and oxygen atoms in total. The molecule has 0 fully saturated rings. The number of non-ortho nitro benzene ring substituents is 1. The van der Waals surface area contributed by atoms with Crippen LogP contribution < -0.4 is 5.32 Å². The fraction of sp³-hybridized carbons (Fsp3) is 0.143. The molecule has 0 aliphatic carbocycles. The van der Waals surface area contributed by atoms with E-state index in [1.165, 1.54) is 6.07 Å². The maximum atomic E-state index is 10.7. The van der Waals surface area contributed by atoms with Gasteiger partial charge in [-0.1, -0.05) is 12.1 Å². The van der Waals surface area contributed by atoms with Gasteiger partial charge in [0.1, 0.15) is 5.75 Å². The third-order valence-corrected chi connectivity index (χ3v) is 4.07. The molecule has 2 N–H and O–H groups in total. The van der Waals surface area contributed by atoms with Crippen LogP contribution in [0.5, 0.6) is 5.75 Å². The third kappa shape index (κ3) is 4.26. The summed E-state index contributed by atoms with van der Waals surface area (Å²) in [4.78, 5) is 10.3. The van der Waals surface area contributed by atoms with E-state index in [-0.39, 0.29) is 11.4 Å². The highest BCUT2D eigenvalue weighted by atomic mass is 79.9. The molecule has 21 heavy (non-hydrogen) atoms. The molecule has 2 rings (SSSR count). The van der Waals surface area contributed by atoms with Gasteiger partial charge in [-0.25, -0.2) is 0 Å². The van der Waals surface area contributed by atoms with E-state index in [2.05, 4.69) is 37.2 Å². The summed E-state index contributed by atoms with van der Waals surface area (Å²) in [5.41, 5.74) is 1.92. The Morgan fingerprint density at radius 2 is 1.71 bits per heavy atom. The Kier molecular flexibility index (Phi) is 5.33. The molecule has 110 valence electrons. The first kappa shape index (κ1) is 15.9. The summed E-state index contributed by atoms with van der Waals surface area (Å²) in [6.45, 7) is 1.11. The highest BCUT2D eigenvalue weighted by molar-refractivity contribution is 9.11. The Labute approximate surface area is 138 Å². The summed E-state index contributed by atoms with van der Waals surface area (Å²) in [7, 11) is 0. The number of hydrogen-bond donors (Lipinski definition) is 2. The van der Waals surface area contributed by atoms with Crippen molar-refractivity contribution in [3.63, 3.8) is 0 Å². The molecule has 0 aliphatic rings. The number of nitro benzene ring substituents is 1. The van der Waals surface area contributed by atoms with Crippen molar-refractivity contribution in [3.8, 4) is 5.75 Å². The lowest BCUT2D eigenvalue weighted by atomic mass is 10.2. The minimum absolute atomic E-state index is 0.0874. The van der Waals surface area contributed by atoms with Crippen LogP contribution in [-0.2, 0) is 13.1 Å². The van der Waals surface area contributed by atoms with Crippen molar-refractivity contribution in [1.29, 1.82) is 0 Å². The van der Waals surface area contributed by atoms with Gasteiger partial charge < -0.3 is 10.4 Å². The van der Waals surface area contributed by atoms with E-state index in [9.17, 15) is 15.2 Å². The van der Waals surface area contributed by atoms with Crippen LogP contribution in [0.2, 0.25) is 0 Å². The fourth-order valence-electron chi connectivity index (χ4n) is 1.85. The molecule has 2 aromatic carbocycles. The minimum atomic E-state index is -0.405. The van der Waals surface area contributed by atoms with Gasteiger partial charge in [0.05, 0.1) is 13.9 Å². The molecular weight excluding hydrogens is 404 g/mol. The van der Waals surface area contributed by atoms with Gasteiger partial charge in [-0.3, -0.25) is 10.1 Å². The standard InChI is InChI=1S/C14H12Br2N2O3/c15-12-5-10(6-13(16)14(12)19)8-17-7-9-2-1-3-11(4-9)18(20)21/h1-6,17,19H,7-8H2. The highest BCUT2D eigenvalue weighted by Crippen LogP contribution is 2.33. The molecule has 0 aromatic heterocycles. The Balaban J connectivity index is 1.98. The fourth-order valence-corrected chi connectivity index (χ4v) is 3.13. The summed E-state index contributed by atoms with van der Waals surface area (Å²) < 4.78 is 1.23. The van der Waals surface area contributed by atoms with Crippen LogP contribution in [0.15, 0.2) is 45.3 Å². The second kappa shape index (κ2) is 7.02. The van der Waals surface area contributed by atoms with Crippen LogP contribution in [0.1, 0.15) is 11.1 Å². The smallest absolute Gasteiger partial charge is 0.269 e. The molecule has 0 amide bonds. The predicted molar refractivity (Wildman–Crippen MR) is 87.1 cm³/mol. The van der Waals surface area contributed by atoms with Crippen molar-refractivity contribution < 1.29 is 10.0 Å². The van der Waals surface area contributed by atoms with Gasteiger partial charge in [0, 0.05) is 25.2 Å². The molecule has 7 heteroatoms. The first-order chi connectivity index (χ1) is 9.97. The van der Waals surface area contributed by atoms with Crippen LogP contribution in [0.25, 0.3) is 0 Å². The number of nitrogens with zero attached hydrogens (tertiary/aromatic N) is 1. The number of hydrogen-bond acceptors (Lipinski definition) is 4. The summed E-state index contributed by atoms with van der Waals surface area (Å²) in [6, 6.07) is 10.2. The Morgan fingerprint density at radius 1 is 1.10 bits per heavy atom. The van der Waals surface area contributed by atoms with Gasteiger partial charge in [0.2, 0.25) is 0 Å². The molecule has 0 saturated heterocycles. The average molecular weight is 416 g/mol. The van der Waals surface area contributed by atoms with E-state index in [1.54, 1.807) is 12.1 Å². The number of aromatic hydroxyl groups is 1. The van der Waals surface area contributed by atoms with E-state index in [0.717, 1.165) is 11.1 Å². The molecule has 0 aliphatic heterocycles. The van der Waals surface area contributed by atoms with Crippen LogP contribution >= 0.6 is 31.9 Å². The van der Waals surface area contributed by atoms with E-state index < -0.39 is 4.92 Å². The van der Waals surface area contributed by atoms with Crippen LogP contribution in [0, 0.1) is 10.1 Å². The zero-order valence-corrected chi connectivity index (χ0v) is 14.0. The van der Waals surface area contributed by atoms with E-state index in [1.807, 2.05) is 18.2 Å². The summed E-state index contributed by atoms with van der Waals surface area (Å²) in [5.74, 6) is 0.164. The minimum Gasteiger partial charge on any atom is -0.506 e. The van der Waals surface area contributed by atoms with Crippen molar-refractivity contribution in [2.24, 2.45) is 0 Å². The second-order valence-corrected chi connectivity index (χ2v) is 6.15. The molecule has 0 atom stereocenters. The Morgan fingerprint density at radius 3 is 2.33 bits per heavy atom. The number of rotatable bonds is 5. The normalized spacial score (nSPS) is 10.6. The predicted octanol–water partition coefficient (Wildman–Crippen LogP) is 4.12. The molecular formula is C14H12Br2N2O3. The molecule has 0 saturated carbocycles. The number of phenolic OH excluding ortho intramolecular Hbond substituents is 1. The first-order valence-corrected chi connectivity index (χ1v) is 7.67. The summed E-state index contributed by atoms with van der Waals surface area (Å²) in [6.07, 6.45) is 0.